The van der Waals surface area contributed by atoms with Gasteiger partial charge in [0.1, 0.15) is 17.9 Å². The Kier molecular flexibility index (Phi) is 6.01. The molecule has 0 radical (unpaired) electrons. The van der Waals surface area contributed by atoms with E-state index in [1.807, 2.05) is 20.1 Å². The van der Waals surface area contributed by atoms with Crippen molar-refractivity contribution in [2.75, 3.05) is 19.5 Å². The van der Waals surface area contributed by atoms with E-state index in [9.17, 15) is 9.90 Å². The topological polar surface area (TPSA) is 55.8 Å². The molecule has 0 heterocycles. The van der Waals surface area contributed by atoms with Gasteiger partial charge in [0.15, 0.2) is 0 Å². The molecule has 0 aliphatic rings. The van der Waals surface area contributed by atoms with Gasteiger partial charge in [-0.05, 0) is 32.2 Å². The van der Waals surface area contributed by atoms with Crippen molar-refractivity contribution in [1.29, 1.82) is 0 Å². The van der Waals surface area contributed by atoms with Crippen LogP contribution in [0.4, 0.5) is 0 Å². The maximum atomic E-state index is 11.2. The van der Waals surface area contributed by atoms with Gasteiger partial charge < -0.3 is 14.6 Å². The molecule has 0 aromatic heterocycles. The van der Waals surface area contributed by atoms with Crippen LogP contribution in [-0.4, -0.2) is 36.6 Å². The van der Waals surface area contributed by atoms with Gasteiger partial charge in [-0.3, -0.25) is 0 Å². The maximum Gasteiger partial charge on any atom is 0.340 e. The monoisotopic (exact) mass is 270 g/mol. The second-order valence-corrected chi connectivity index (χ2v) is 4.75. The predicted octanol–water partition coefficient (Wildman–Crippen LogP) is 2.91. The van der Waals surface area contributed by atoms with Crippen molar-refractivity contribution in [1.82, 2.24) is 0 Å². The number of thioether (sulfide) groups is 1. The lowest BCUT2D eigenvalue weighted by Crippen LogP contribution is -2.13. The van der Waals surface area contributed by atoms with Crippen molar-refractivity contribution in [2.24, 2.45) is 0 Å². The zero-order valence-electron chi connectivity index (χ0n) is 10.8. The Morgan fingerprint density at radius 1 is 1.39 bits per heavy atom. The van der Waals surface area contributed by atoms with Gasteiger partial charge in [0, 0.05) is 4.90 Å². The van der Waals surface area contributed by atoms with E-state index in [1.165, 1.54) is 11.8 Å². The quantitative estimate of drug-likeness (QED) is 0.610. The molecule has 0 aliphatic carbocycles. The van der Waals surface area contributed by atoms with E-state index >= 15 is 0 Å². The number of carboxylic acids is 1. The van der Waals surface area contributed by atoms with Crippen LogP contribution in [0.2, 0.25) is 0 Å². The van der Waals surface area contributed by atoms with Crippen LogP contribution in [0, 0.1) is 0 Å². The first-order valence-corrected chi connectivity index (χ1v) is 6.93. The Bertz CT molecular complexity index is 404. The number of carbonyl (C=O) groups is 1. The number of hydrogen-bond acceptors (Lipinski definition) is 4. The van der Waals surface area contributed by atoms with Crippen LogP contribution < -0.4 is 4.74 Å². The zero-order valence-corrected chi connectivity index (χ0v) is 11.6. The number of rotatable bonds is 7. The lowest BCUT2D eigenvalue weighted by atomic mass is 10.2. The SMILES string of the molecule is CSc1cccc(OCCOC(C)C)c1C(=O)O. The molecule has 0 saturated carbocycles. The van der Waals surface area contributed by atoms with Crippen LogP contribution in [0.25, 0.3) is 0 Å². The summed E-state index contributed by atoms with van der Waals surface area (Å²) in [6.07, 6.45) is 1.98. The van der Waals surface area contributed by atoms with Crippen molar-refractivity contribution in [3.8, 4) is 5.75 Å². The van der Waals surface area contributed by atoms with E-state index in [0.29, 0.717) is 23.9 Å². The van der Waals surface area contributed by atoms with Gasteiger partial charge >= 0.3 is 5.97 Å². The van der Waals surface area contributed by atoms with Crippen LogP contribution in [0.5, 0.6) is 5.75 Å². The van der Waals surface area contributed by atoms with Crippen LogP contribution >= 0.6 is 11.8 Å². The molecule has 1 rings (SSSR count). The lowest BCUT2D eigenvalue weighted by molar-refractivity contribution is 0.0537. The summed E-state index contributed by atoms with van der Waals surface area (Å²) in [5, 5.41) is 9.20. The first-order valence-electron chi connectivity index (χ1n) is 5.71. The molecule has 0 bridgehead atoms. The molecule has 0 unspecified atom stereocenters. The van der Waals surface area contributed by atoms with Crippen molar-refractivity contribution < 1.29 is 19.4 Å². The molecule has 5 heteroatoms. The minimum Gasteiger partial charge on any atom is -0.490 e. The van der Waals surface area contributed by atoms with Gasteiger partial charge in [0.2, 0.25) is 0 Å². The standard InChI is InChI=1S/C13H18O4S/c1-9(2)16-7-8-17-10-5-4-6-11(18-3)12(10)13(14)15/h4-6,9H,7-8H2,1-3H3,(H,14,15). The molecule has 18 heavy (non-hydrogen) atoms. The van der Waals surface area contributed by atoms with Gasteiger partial charge in [0.05, 0.1) is 12.7 Å². The third kappa shape index (κ3) is 4.23. The second-order valence-electron chi connectivity index (χ2n) is 3.91. The highest BCUT2D eigenvalue weighted by molar-refractivity contribution is 7.98. The maximum absolute atomic E-state index is 11.2. The molecular formula is C13H18O4S. The molecule has 1 N–H and O–H groups in total. The average Bonchev–Trinajstić information content (AvgIpc) is 2.33. The van der Waals surface area contributed by atoms with E-state index in [4.69, 9.17) is 9.47 Å². The average molecular weight is 270 g/mol. The van der Waals surface area contributed by atoms with Crippen LogP contribution in [0.15, 0.2) is 23.1 Å². The molecule has 1 aromatic rings. The molecule has 0 fully saturated rings. The summed E-state index contributed by atoms with van der Waals surface area (Å²) < 4.78 is 10.8. The molecular weight excluding hydrogens is 252 g/mol. The third-order valence-electron chi connectivity index (χ3n) is 2.21. The first-order chi connectivity index (χ1) is 8.56. The highest BCUT2D eigenvalue weighted by Gasteiger charge is 2.16. The predicted molar refractivity (Wildman–Crippen MR) is 71.8 cm³/mol. The summed E-state index contributed by atoms with van der Waals surface area (Å²) in [7, 11) is 0. The molecule has 0 aliphatic heterocycles. The minimum atomic E-state index is -0.972. The highest BCUT2D eigenvalue weighted by atomic mass is 32.2. The van der Waals surface area contributed by atoms with Crippen molar-refractivity contribution in [2.45, 2.75) is 24.8 Å². The van der Waals surface area contributed by atoms with E-state index < -0.39 is 5.97 Å². The summed E-state index contributed by atoms with van der Waals surface area (Å²) in [6.45, 7) is 4.67. The fraction of sp³-hybridized carbons (Fsp3) is 0.462. The fourth-order valence-corrected chi connectivity index (χ4v) is 2.05. The highest BCUT2D eigenvalue weighted by Crippen LogP contribution is 2.28. The summed E-state index contributed by atoms with van der Waals surface area (Å²) in [5.41, 5.74) is 0.217. The molecule has 1 aromatic carbocycles. The minimum absolute atomic E-state index is 0.144. The smallest absolute Gasteiger partial charge is 0.340 e. The largest absolute Gasteiger partial charge is 0.490 e. The summed E-state index contributed by atoms with van der Waals surface area (Å²) in [6, 6.07) is 5.22. The molecule has 4 nitrogen and oxygen atoms in total. The number of ether oxygens (including phenoxy) is 2. The lowest BCUT2D eigenvalue weighted by Gasteiger charge is -2.12. The molecule has 0 amide bonds. The second kappa shape index (κ2) is 7.28. The van der Waals surface area contributed by atoms with Gasteiger partial charge in [-0.2, -0.15) is 0 Å². The first kappa shape index (κ1) is 14.9. The Hall–Kier alpha value is -1.20. The molecule has 0 atom stereocenters. The fourth-order valence-electron chi connectivity index (χ4n) is 1.45. The number of aromatic carboxylic acids is 1. The molecule has 0 saturated heterocycles. The normalized spacial score (nSPS) is 10.7. The summed E-state index contributed by atoms with van der Waals surface area (Å²) >= 11 is 1.39. The van der Waals surface area contributed by atoms with Gasteiger partial charge in [-0.15, -0.1) is 11.8 Å². The van der Waals surface area contributed by atoms with Crippen LogP contribution in [0.3, 0.4) is 0 Å². The van der Waals surface area contributed by atoms with E-state index in [2.05, 4.69) is 0 Å². The molecule has 100 valence electrons. The Morgan fingerprint density at radius 3 is 2.67 bits per heavy atom. The van der Waals surface area contributed by atoms with Gasteiger partial charge in [-0.1, -0.05) is 6.07 Å². The Balaban J connectivity index is 2.72. The Morgan fingerprint density at radius 2 is 2.11 bits per heavy atom. The van der Waals surface area contributed by atoms with Crippen molar-refractivity contribution >= 4 is 17.7 Å². The number of hydrogen-bond donors (Lipinski definition) is 1. The summed E-state index contributed by atoms with van der Waals surface area (Å²) in [4.78, 5) is 11.9. The van der Waals surface area contributed by atoms with E-state index in [0.717, 1.165) is 0 Å². The van der Waals surface area contributed by atoms with Crippen molar-refractivity contribution in [3.63, 3.8) is 0 Å². The van der Waals surface area contributed by atoms with E-state index in [-0.39, 0.29) is 11.7 Å². The van der Waals surface area contributed by atoms with Crippen LogP contribution in [-0.2, 0) is 4.74 Å². The molecule has 0 spiro atoms. The van der Waals surface area contributed by atoms with Gasteiger partial charge in [-0.25, -0.2) is 4.79 Å². The van der Waals surface area contributed by atoms with E-state index in [1.54, 1.807) is 18.2 Å². The number of carboxylic acid groups (broad SMARTS) is 1. The number of benzene rings is 1. The van der Waals surface area contributed by atoms with Gasteiger partial charge in [0.25, 0.3) is 0 Å². The Labute approximate surface area is 111 Å². The third-order valence-corrected chi connectivity index (χ3v) is 2.99. The van der Waals surface area contributed by atoms with Crippen LogP contribution in [0.1, 0.15) is 24.2 Å². The summed E-state index contributed by atoms with van der Waals surface area (Å²) in [5.74, 6) is -0.582. The van der Waals surface area contributed by atoms with Crippen molar-refractivity contribution in [3.05, 3.63) is 23.8 Å². The zero-order chi connectivity index (χ0) is 13.5.